The largest absolute Gasteiger partial charge is 0.339 e. The summed E-state index contributed by atoms with van der Waals surface area (Å²) in [7, 11) is 1.89. The van der Waals surface area contributed by atoms with E-state index in [4.69, 9.17) is 0 Å². The number of rotatable bonds is 3. The van der Waals surface area contributed by atoms with Crippen LogP contribution in [0.4, 0.5) is 0 Å². The van der Waals surface area contributed by atoms with Gasteiger partial charge in [0.15, 0.2) is 0 Å². The van der Waals surface area contributed by atoms with E-state index in [2.05, 4.69) is 20.3 Å². The Balaban J connectivity index is 1.44. The second kappa shape index (κ2) is 6.37. The number of amides is 1. The van der Waals surface area contributed by atoms with Crippen LogP contribution in [-0.4, -0.2) is 42.8 Å². The maximum Gasteiger partial charge on any atom is 0.227 e. The van der Waals surface area contributed by atoms with Gasteiger partial charge in [0.1, 0.15) is 12.2 Å². The molecule has 1 unspecified atom stereocenters. The molecule has 0 aromatic carbocycles. The average molecular weight is 328 g/mol. The molecule has 7 heteroatoms. The lowest BCUT2D eigenvalue weighted by molar-refractivity contribution is -0.135. The van der Waals surface area contributed by atoms with Gasteiger partial charge in [-0.3, -0.25) is 9.89 Å². The quantitative estimate of drug-likeness (QED) is 0.866. The Morgan fingerprint density at radius 2 is 2.21 bits per heavy atom. The number of aromatic amines is 1. The Hall–Kier alpha value is -2.18. The fraction of sp³-hybridized carbons (Fsp3) is 0.647. The first-order valence-corrected chi connectivity index (χ1v) is 8.89. The molecule has 7 nitrogen and oxygen atoms in total. The highest BCUT2D eigenvalue weighted by Gasteiger charge is 2.29. The van der Waals surface area contributed by atoms with Crippen molar-refractivity contribution in [1.82, 2.24) is 29.9 Å². The molecule has 0 spiro atoms. The average Bonchev–Trinajstić information content (AvgIpc) is 3.14. The second-order valence-corrected chi connectivity index (χ2v) is 6.98. The van der Waals surface area contributed by atoms with Crippen molar-refractivity contribution in [2.75, 3.05) is 7.05 Å². The Labute approximate surface area is 141 Å². The van der Waals surface area contributed by atoms with Crippen molar-refractivity contribution in [3.05, 3.63) is 29.1 Å². The van der Waals surface area contributed by atoms with Crippen molar-refractivity contribution in [2.45, 2.75) is 58.0 Å². The smallest absolute Gasteiger partial charge is 0.227 e. The van der Waals surface area contributed by atoms with Crippen molar-refractivity contribution in [2.24, 2.45) is 5.92 Å². The molecule has 0 saturated heterocycles. The minimum absolute atomic E-state index is 0.0123. The topological polar surface area (TPSA) is 79.7 Å². The number of nitrogens with zero attached hydrogens (tertiary/aromatic N) is 5. The normalized spacial score (nSPS) is 20.1. The molecule has 4 rings (SSSR count). The molecule has 1 N–H and O–H groups in total. The second-order valence-electron chi connectivity index (χ2n) is 6.98. The number of H-pyrrole nitrogens is 1. The summed E-state index contributed by atoms with van der Waals surface area (Å²) < 4.78 is 1.86. The van der Waals surface area contributed by atoms with Crippen LogP contribution in [0.1, 0.15) is 48.5 Å². The highest BCUT2D eigenvalue weighted by molar-refractivity contribution is 5.78. The molecule has 0 saturated carbocycles. The maximum absolute atomic E-state index is 12.8. The molecule has 2 aliphatic rings. The standard InChI is InChI=1S/C17H24N6O/c1-22(10-15-13-5-3-2-4-6-14(13)20-21-15)17(24)12-7-8-16-18-11-19-23(16)9-12/h11-12H,2-10H2,1H3,(H,20,21). The molecule has 2 aromatic rings. The summed E-state index contributed by atoms with van der Waals surface area (Å²) >= 11 is 0. The molecule has 1 atom stereocenters. The van der Waals surface area contributed by atoms with Crippen molar-refractivity contribution < 1.29 is 4.79 Å². The van der Waals surface area contributed by atoms with Crippen LogP contribution in [0.2, 0.25) is 0 Å². The summed E-state index contributed by atoms with van der Waals surface area (Å²) in [6, 6.07) is 0. The van der Waals surface area contributed by atoms with Gasteiger partial charge >= 0.3 is 0 Å². The molecule has 1 aliphatic carbocycles. The SMILES string of the molecule is CN(Cc1n[nH]c2c1CCCCC2)C(=O)C1CCc2ncnn2C1. The zero-order valence-corrected chi connectivity index (χ0v) is 14.2. The highest BCUT2D eigenvalue weighted by atomic mass is 16.2. The Bertz CT molecular complexity index is 733. The number of hydrogen-bond acceptors (Lipinski definition) is 4. The first-order valence-electron chi connectivity index (χ1n) is 8.89. The van der Waals surface area contributed by atoms with Crippen molar-refractivity contribution >= 4 is 5.91 Å². The summed E-state index contributed by atoms with van der Waals surface area (Å²) in [6.07, 6.45) is 9.12. The summed E-state index contributed by atoms with van der Waals surface area (Å²) in [4.78, 5) is 18.9. The predicted molar refractivity (Wildman–Crippen MR) is 88.2 cm³/mol. The summed E-state index contributed by atoms with van der Waals surface area (Å²) in [5.74, 6) is 1.16. The molecule has 1 amide bonds. The Kier molecular flexibility index (Phi) is 4.08. The van der Waals surface area contributed by atoms with E-state index < -0.39 is 0 Å². The minimum Gasteiger partial charge on any atom is -0.339 e. The lowest BCUT2D eigenvalue weighted by Gasteiger charge is -2.26. The third kappa shape index (κ3) is 2.83. The maximum atomic E-state index is 12.8. The van der Waals surface area contributed by atoms with Crippen LogP contribution < -0.4 is 0 Å². The van der Waals surface area contributed by atoms with Gasteiger partial charge in [0, 0.05) is 19.2 Å². The van der Waals surface area contributed by atoms with E-state index in [9.17, 15) is 4.79 Å². The molecule has 3 heterocycles. The number of aryl methyl sites for hydroxylation is 2. The molecule has 1 aliphatic heterocycles. The van der Waals surface area contributed by atoms with Gasteiger partial charge in [-0.2, -0.15) is 10.2 Å². The highest BCUT2D eigenvalue weighted by Crippen LogP contribution is 2.24. The van der Waals surface area contributed by atoms with Crippen molar-refractivity contribution in [3.63, 3.8) is 0 Å². The zero-order valence-electron chi connectivity index (χ0n) is 14.2. The molecular weight excluding hydrogens is 304 g/mol. The van der Waals surface area contributed by atoms with Crippen molar-refractivity contribution in [1.29, 1.82) is 0 Å². The van der Waals surface area contributed by atoms with Crippen LogP contribution in [0.15, 0.2) is 6.33 Å². The Morgan fingerprint density at radius 3 is 3.12 bits per heavy atom. The van der Waals surface area contributed by atoms with Gasteiger partial charge in [0.25, 0.3) is 0 Å². The van der Waals surface area contributed by atoms with E-state index in [-0.39, 0.29) is 11.8 Å². The van der Waals surface area contributed by atoms with Gasteiger partial charge in [0.2, 0.25) is 5.91 Å². The first-order chi connectivity index (χ1) is 11.7. The molecule has 0 bridgehead atoms. The Morgan fingerprint density at radius 1 is 1.33 bits per heavy atom. The summed E-state index contributed by atoms with van der Waals surface area (Å²) in [6.45, 7) is 1.22. The number of carbonyl (C=O) groups is 1. The summed E-state index contributed by atoms with van der Waals surface area (Å²) in [5.41, 5.74) is 3.66. The molecule has 0 radical (unpaired) electrons. The first kappa shape index (κ1) is 15.4. The molecule has 2 aromatic heterocycles. The fourth-order valence-electron chi connectivity index (χ4n) is 3.91. The molecule has 128 valence electrons. The van der Waals surface area contributed by atoms with E-state index in [1.165, 1.54) is 30.5 Å². The van der Waals surface area contributed by atoms with Crippen molar-refractivity contribution in [3.8, 4) is 0 Å². The van der Waals surface area contributed by atoms with Gasteiger partial charge in [-0.1, -0.05) is 6.42 Å². The number of hydrogen-bond donors (Lipinski definition) is 1. The fourth-order valence-corrected chi connectivity index (χ4v) is 3.91. The van der Waals surface area contributed by atoms with E-state index in [0.717, 1.165) is 37.2 Å². The van der Waals surface area contributed by atoms with Gasteiger partial charge in [-0.05, 0) is 37.7 Å². The summed E-state index contributed by atoms with van der Waals surface area (Å²) in [5, 5.41) is 11.9. The van der Waals surface area contributed by atoms with Crippen LogP contribution in [0.5, 0.6) is 0 Å². The lowest BCUT2D eigenvalue weighted by atomic mass is 9.98. The molecule has 24 heavy (non-hydrogen) atoms. The third-order valence-electron chi connectivity index (χ3n) is 5.31. The predicted octanol–water partition coefficient (Wildman–Crippen LogP) is 1.49. The van der Waals surface area contributed by atoms with Crippen LogP contribution in [-0.2, 0) is 37.1 Å². The van der Waals surface area contributed by atoms with Gasteiger partial charge in [-0.15, -0.1) is 0 Å². The number of carbonyl (C=O) groups excluding carboxylic acids is 1. The van der Waals surface area contributed by atoms with Gasteiger partial charge < -0.3 is 4.90 Å². The number of fused-ring (bicyclic) bond motifs is 2. The third-order valence-corrected chi connectivity index (χ3v) is 5.31. The van der Waals surface area contributed by atoms with E-state index in [0.29, 0.717) is 13.1 Å². The molecule has 0 fully saturated rings. The lowest BCUT2D eigenvalue weighted by Crippen LogP contribution is -2.37. The monoisotopic (exact) mass is 328 g/mol. The van der Waals surface area contributed by atoms with Crippen LogP contribution in [0.3, 0.4) is 0 Å². The van der Waals surface area contributed by atoms with Gasteiger partial charge in [0.05, 0.1) is 24.7 Å². The van der Waals surface area contributed by atoms with E-state index in [1.807, 2.05) is 16.6 Å². The van der Waals surface area contributed by atoms with Crippen LogP contribution >= 0.6 is 0 Å². The molecular formula is C17H24N6O. The zero-order chi connectivity index (χ0) is 16.5. The van der Waals surface area contributed by atoms with E-state index >= 15 is 0 Å². The van der Waals surface area contributed by atoms with Gasteiger partial charge in [-0.25, -0.2) is 9.67 Å². The van der Waals surface area contributed by atoms with Crippen LogP contribution in [0.25, 0.3) is 0 Å². The van der Waals surface area contributed by atoms with Crippen LogP contribution in [0, 0.1) is 5.92 Å². The van der Waals surface area contributed by atoms with E-state index in [1.54, 1.807) is 6.33 Å². The number of nitrogens with one attached hydrogen (secondary N) is 1. The number of aromatic nitrogens is 5. The minimum atomic E-state index is -0.0123.